The summed E-state index contributed by atoms with van der Waals surface area (Å²) >= 11 is 0. The minimum atomic E-state index is 0.867. The molecule has 0 radical (unpaired) electrons. The molecule has 0 aliphatic heterocycles. The molecule has 6 heteroatoms. The van der Waals surface area contributed by atoms with Crippen LogP contribution in [0.1, 0.15) is 22.5 Å². The fourth-order valence-electron chi connectivity index (χ4n) is 10.7. The highest BCUT2D eigenvalue weighted by atomic mass is 16.3. The first-order valence-corrected chi connectivity index (χ1v) is 23.3. The van der Waals surface area contributed by atoms with Crippen molar-refractivity contribution in [3.8, 4) is 11.4 Å². The number of fused-ring (bicyclic) bond motifs is 8. The molecule has 0 unspecified atom stereocenters. The predicted octanol–water partition coefficient (Wildman–Crippen LogP) is 17.5. The van der Waals surface area contributed by atoms with Crippen LogP contribution in [0.25, 0.3) is 77.1 Å². The van der Waals surface area contributed by atoms with E-state index in [0.717, 1.165) is 89.4 Å². The largest absolute Gasteiger partial charge is 0.456 e. The van der Waals surface area contributed by atoms with Crippen molar-refractivity contribution >= 4 is 99.8 Å². The van der Waals surface area contributed by atoms with Gasteiger partial charge in [0.05, 0.1) is 27.8 Å². The molecule has 0 spiro atoms. The fourth-order valence-corrected chi connectivity index (χ4v) is 10.7. The van der Waals surface area contributed by atoms with Gasteiger partial charge in [0, 0.05) is 72.4 Å². The first-order chi connectivity index (χ1) is 33.4. The van der Waals surface area contributed by atoms with Crippen LogP contribution in [0.4, 0.5) is 34.1 Å². The van der Waals surface area contributed by atoms with Crippen LogP contribution < -0.4 is 9.80 Å². The van der Waals surface area contributed by atoms with Crippen LogP contribution in [0.15, 0.2) is 215 Å². The Morgan fingerprint density at radius 3 is 1.37 bits per heavy atom. The molecule has 4 aromatic heterocycles. The smallest absolute Gasteiger partial charge is 0.159 e. The van der Waals surface area contributed by atoms with Crippen molar-refractivity contribution in [2.24, 2.45) is 0 Å². The van der Waals surface area contributed by atoms with Crippen LogP contribution >= 0.6 is 0 Å². The summed E-state index contributed by atoms with van der Waals surface area (Å²) in [6.07, 6.45) is 0. The highest BCUT2D eigenvalue weighted by Crippen LogP contribution is 2.45. The first kappa shape index (κ1) is 39.6. The zero-order valence-corrected chi connectivity index (χ0v) is 38.2. The van der Waals surface area contributed by atoms with Crippen LogP contribution in [-0.2, 0) is 0 Å². The van der Waals surface area contributed by atoms with Gasteiger partial charge in [-0.3, -0.25) is 0 Å². The van der Waals surface area contributed by atoms with E-state index in [1.165, 1.54) is 44.3 Å². The number of anilines is 6. The topological polar surface area (TPSA) is 42.6 Å². The number of furan rings is 2. The summed E-state index contributed by atoms with van der Waals surface area (Å²) in [5.74, 6) is 0. The average Bonchev–Trinajstić information content (AvgIpc) is 4.10. The van der Waals surface area contributed by atoms with Crippen molar-refractivity contribution in [3.63, 3.8) is 0 Å². The number of benzene rings is 9. The molecule has 0 atom stereocenters. The molecule has 0 amide bonds. The quantitative estimate of drug-likeness (QED) is 0.152. The van der Waals surface area contributed by atoms with Gasteiger partial charge in [-0.1, -0.05) is 91.0 Å². The summed E-state index contributed by atoms with van der Waals surface area (Å²) < 4.78 is 17.8. The molecule has 9 aromatic carbocycles. The summed E-state index contributed by atoms with van der Waals surface area (Å²) in [7, 11) is 0. The van der Waals surface area contributed by atoms with Gasteiger partial charge >= 0.3 is 0 Å². The third-order valence-corrected chi connectivity index (χ3v) is 14.2. The Labute approximate surface area is 393 Å². The highest BCUT2D eigenvalue weighted by molar-refractivity contribution is 6.14. The average molecular weight is 879 g/mol. The SMILES string of the molecule is Cc1c(C)n(-c2ccc(N(c3ccccc3)c3cccc4c3oc3ccccc34)cc2)c2cc3c(cc12)c(C)c(C)n3-c1ccc(N(c2ccccc2)c2cccc3oc4ccccc4c23)cc1. The molecule has 326 valence electrons. The second-order valence-electron chi connectivity index (χ2n) is 17.9. The van der Waals surface area contributed by atoms with Gasteiger partial charge < -0.3 is 27.8 Å². The predicted molar refractivity (Wildman–Crippen MR) is 283 cm³/mol. The van der Waals surface area contributed by atoms with Gasteiger partial charge in [-0.25, -0.2) is 0 Å². The van der Waals surface area contributed by atoms with E-state index in [2.05, 4.69) is 229 Å². The second kappa shape index (κ2) is 15.4. The maximum atomic E-state index is 6.58. The number of nitrogens with zero attached hydrogens (tertiary/aromatic N) is 4. The van der Waals surface area contributed by atoms with Crippen molar-refractivity contribution in [1.29, 1.82) is 0 Å². The minimum absolute atomic E-state index is 0.867. The molecule has 0 N–H and O–H groups in total. The van der Waals surface area contributed by atoms with E-state index in [1.54, 1.807) is 0 Å². The minimum Gasteiger partial charge on any atom is -0.456 e. The van der Waals surface area contributed by atoms with Crippen molar-refractivity contribution < 1.29 is 8.83 Å². The lowest BCUT2D eigenvalue weighted by Crippen LogP contribution is -2.10. The summed E-state index contributed by atoms with van der Waals surface area (Å²) in [6, 6.07) is 73.3. The van der Waals surface area contributed by atoms with E-state index in [9.17, 15) is 0 Å². The standard InChI is InChI=1S/C62H46N4O2/c1-39-41(3)63(45-29-33-47(34-30-45)65(43-17-7-5-8-18-43)54-24-16-28-60-61(54)51-22-12-14-27-59(51)67-60)56-38-57-53(37-52(39)56)40(2)42(4)64(57)46-31-35-48(36-32-46)66(44-19-9-6-10-20-44)55-25-15-23-50-49-21-11-13-26-58(49)68-62(50)55/h5-38H,1-4H3. The maximum Gasteiger partial charge on any atom is 0.159 e. The van der Waals surface area contributed by atoms with E-state index in [4.69, 9.17) is 8.83 Å². The van der Waals surface area contributed by atoms with E-state index in [-0.39, 0.29) is 0 Å². The molecule has 0 saturated heterocycles. The maximum absolute atomic E-state index is 6.58. The van der Waals surface area contributed by atoms with Gasteiger partial charge in [0.25, 0.3) is 0 Å². The summed E-state index contributed by atoms with van der Waals surface area (Å²) in [4.78, 5) is 4.64. The highest BCUT2D eigenvalue weighted by Gasteiger charge is 2.23. The number of aryl methyl sites for hydroxylation is 2. The van der Waals surface area contributed by atoms with Gasteiger partial charge in [-0.2, -0.15) is 0 Å². The Morgan fingerprint density at radius 2 is 0.779 bits per heavy atom. The molecule has 0 saturated carbocycles. The van der Waals surface area contributed by atoms with Crippen molar-refractivity contribution in [2.45, 2.75) is 27.7 Å². The van der Waals surface area contributed by atoms with Gasteiger partial charge in [-0.05, 0) is 154 Å². The van der Waals surface area contributed by atoms with Crippen LogP contribution in [0.5, 0.6) is 0 Å². The number of hydrogen-bond donors (Lipinski definition) is 0. The Kier molecular flexibility index (Phi) is 8.99. The number of para-hydroxylation sites is 5. The number of rotatable bonds is 8. The summed E-state index contributed by atoms with van der Waals surface area (Å²) in [5, 5.41) is 6.94. The third kappa shape index (κ3) is 6.04. The monoisotopic (exact) mass is 878 g/mol. The molecule has 0 fully saturated rings. The van der Waals surface area contributed by atoms with Crippen LogP contribution in [-0.4, -0.2) is 9.13 Å². The normalized spacial score (nSPS) is 11.8. The Morgan fingerprint density at radius 1 is 0.338 bits per heavy atom. The van der Waals surface area contributed by atoms with Crippen LogP contribution in [0.2, 0.25) is 0 Å². The molecule has 4 heterocycles. The second-order valence-corrected chi connectivity index (χ2v) is 17.9. The molecule has 0 bridgehead atoms. The molecular weight excluding hydrogens is 833 g/mol. The van der Waals surface area contributed by atoms with E-state index < -0.39 is 0 Å². The van der Waals surface area contributed by atoms with Crippen LogP contribution in [0.3, 0.4) is 0 Å². The molecule has 68 heavy (non-hydrogen) atoms. The third-order valence-electron chi connectivity index (χ3n) is 14.2. The lowest BCUT2D eigenvalue weighted by atomic mass is 10.1. The van der Waals surface area contributed by atoms with Crippen molar-refractivity contribution in [3.05, 3.63) is 229 Å². The summed E-state index contributed by atoms with van der Waals surface area (Å²) in [5.41, 5.74) is 19.4. The molecule has 13 aromatic rings. The lowest BCUT2D eigenvalue weighted by Gasteiger charge is -2.26. The van der Waals surface area contributed by atoms with Gasteiger partial charge in [0.15, 0.2) is 5.58 Å². The zero-order valence-electron chi connectivity index (χ0n) is 38.2. The molecule has 0 aliphatic carbocycles. The Balaban J connectivity index is 0.915. The molecule has 6 nitrogen and oxygen atoms in total. The van der Waals surface area contributed by atoms with Gasteiger partial charge in [0.1, 0.15) is 16.7 Å². The van der Waals surface area contributed by atoms with E-state index in [1.807, 2.05) is 24.3 Å². The lowest BCUT2D eigenvalue weighted by molar-refractivity contribution is 0.668. The Bertz CT molecular complexity index is 4060. The van der Waals surface area contributed by atoms with Gasteiger partial charge in [0.2, 0.25) is 0 Å². The van der Waals surface area contributed by atoms with Crippen molar-refractivity contribution in [2.75, 3.05) is 9.80 Å². The van der Waals surface area contributed by atoms with Crippen molar-refractivity contribution in [1.82, 2.24) is 9.13 Å². The fraction of sp³-hybridized carbons (Fsp3) is 0.0645. The van der Waals surface area contributed by atoms with Crippen LogP contribution in [0, 0.1) is 27.7 Å². The number of aromatic nitrogens is 2. The van der Waals surface area contributed by atoms with Gasteiger partial charge in [-0.15, -0.1) is 0 Å². The number of hydrogen-bond acceptors (Lipinski definition) is 4. The molecule has 0 aliphatic rings. The van der Waals surface area contributed by atoms with E-state index >= 15 is 0 Å². The summed E-state index contributed by atoms with van der Waals surface area (Å²) in [6.45, 7) is 8.99. The zero-order chi connectivity index (χ0) is 45.6. The first-order valence-electron chi connectivity index (χ1n) is 23.3. The molecule has 13 rings (SSSR count). The van der Waals surface area contributed by atoms with E-state index in [0.29, 0.717) is 0 Å². The molecular formula is C62H46N4O2. The Hall–Kier alpha value is -8.74.